The second kappa shape index (κ2) is 10.6. The van der Waals surface area contributed by atoms with E-state index < -0.39 is 0 Å². The number of aryl methyl sites for hydroxylation is 1. The Kier molecular flexibility index (Phi) is 7.38. The third-order valence-electron chi connectivity index (χ3n) is 6.16. The van der Waals surface area contributed by atoms with Crippen molar-refractivity contribution in [3.63, 3.8) is 0 Å². The average Bonchev–Trinajstić information content (AvgIpc) is 3.23. The number of fused-ring (bicyclic) bond motifs is 1. The molecule has 3 heterocycles. The predicted molar refractivity (Wildman–Crippen MR) is 123 cm³/mol. The lowest BCUT2D eigenvalue weighted by atomic mass is 10.1. The molecule has 1 aromatic heterocycles. The molecule has 7 nitrogen and oxygen atoms in total. The van der Waals surface area contributed by atoms with Gasteiger partial charge in [0, 0.05) is 58.6 Å². The highest BCUT2D eigenvalue weighted by Gasteiger charge is 2.41. The molecule has 0 aliphatic carbocycles. The van der Waals surface area contributed by atoms with Gasteiger partial charge in [0.15, 0.2) is 5.96 Å². The molecule has 2 unspecified atom stereocenters. The van der Waals surface area contributed by atoms with Crippen molar-refractivity contribution in [2.45, 2.75) is 38.1 Å². The van der Waals surface area contributed by atoms with E-state index in [-0.39, 0.29) is 11.7 Å². The van der Waals surface area contributed by atoms with E-state index in [1.54, 1.807) is 16.7 Å². The van der Waals surface area contributed by atoms with E-state index in [2.05, 4.69) is 50.4 Å². The maximum Gasteiger partial charge on any atom is 0.250 e. The summed E-state index contributed by atoms with van der Waals surface area (Å²) in [7, 11) is 1.84. The molecule has 2 fully saturated rings. The first kappa shape index (κ1) is 21.6. The van der Waals surface area contributed by atoms with Gasteiger partial charge in [-0.3, -0.25) is 14.7 Å². The van der Waals surface area contributed by atoms with Crippen LogP contribution in [0, 0.1) is 0 Å². The lowest BCUT2D eigenvalue weighted by Crippen LogP contribution is -2.50. The molecule has 0 saturated carbocycles. The molecule has 2 aliphatic heterocycles. The Morgan fingerprint density at radius 1 is 1.13 bits per heavy atom. The van der Waals surface area contributed by atoms with E-state index in [9.17, 15) is 4.79 Å². The third kappa shape index (κ3) is 5.54. The number of hydrogen-bond donors (Lipinski definition) is 1. The summed E-state index contributed by atoms with van der Waals surface area (Å²) < 4.78 is 7.86. The number of rotatable bonds is 7. The summed E-state index contributed by atoms with van der Waals surface area (Å²) in [6.07, 6.45) is 4.01. The van der Waals surface area contributed by atoms with E-state index in [1.165, 1.54) is 5.56 Å². The summed E-state index contributed by atoms with van der Waals surface area (Å²) in [5.74, 6) is 0.939. The maximum atomic E-state index is 11.8. The molecule has 7 heteroatoms. The van der Waals surface area contributed by atoms with Gasteiger partial charge >= 0.3 is 0 Å². The van der Waals surface area contributed by atoms with Crippen LogP contribution in [0.2, 0.25) is 0 Å². The van der Waals surface area contributed by atoms with E-state index >= 15 is 0 Å². The molecule has 166 valence electrons. The van der Waals surface area contributed by atoms with E-state index in [4.69, 9.17) is 4.74 Å². The highest BCUT2D eigenvalue weighted by atomic mass is 16.5. The first-order valence-electron chi connectivity index (χ1n) is 11.3. The Balaban J connectivity index is 1.25. The number of ether oxygens (including phenoxy) is 1. The quantitative estimate of drug-likeness (QED) is 0.418. The molecule has 4 rings (SSSR count). The van der Waals surface area contributed by atoms with Gasteiger partial charge in [-0.25, -0.2) is 0 Å². The number of likely N-dealkylation sites (tertiary alicyclic amines) is 1. The number of morpholine rings is 1. The number of benzene rings is 1. The van der Waals surface area contributed by atoms with Crippen molar-refractivity contribution in [3.8, 4) is 0 Å². The number of aliphatic imine (C=N–C) groups is 1. The summed E-state index contributed by atoms with van der Waals surface area (Å²) in [5.41, 5.74) is 1.41. The van der Waals surface area contributed by atoms with Crippen molar-refractivity contribution in [2.75, 3.05) is 39.8 Å². The number of guanidine groups is 1. The zero-order valence-corrected chi connectivity index (χ0v) is 18.3. The van der Waals surface area contributed by atoms with Crippen LogP contribution in [0.3, 0.4) is 0 Å². The molecule has 2 saturated heterocycles. The maximum absolute atomic E-state index is 11.8. The van der Waals surface area contributed by atoms with Crippen LogP contribution < -0.4 is 10.9 Å². The summed E-state index contributed by atoms with van der Waals surface area (Å²) in [4.78, 5) is 21.2. The van der Waals surface area contributed by atoms with Gasteiger partial charge in [-0.1, -0.05) is 36.4 Å². The third-order valence-corrected chi connectivity index (χ3v) is 6.16. The van der Waals surface area contributed by atoms with Gasteiger partial charge in [-0.15, -0.1) is 0 Å². The molecule has 1 N–H and O–H groups in total. The molecular formula is C24H33N5O2. The Bertz CT molecular complexity index is 913. The summed E-state index contributed by atoms with van der Waals surface area (Å²) in [6.45, 7) is 6.10. The molecule has 1 aromatic carbocycles. The Morgan fingerprint density at radius 2 is 1.97 bits per heavy atom. The average molecular weight is 424 g/mol. The van der Waals surface area contributed by atoms with Gasteiger partial charge in [-0.2, -0.15) is 0 Å². The van der Waals surface area contributed by atoms with Gasteiger partial charge in [0.1, 0.15) is 0 Å². The highest BCUT2D eigenvalue weighted by molar-refractivity contribution is 5.80. The van der Waals surface area contributed by atoms with Crippen molar-refractivity contribution < 1.29 is 4.74 Å². The standard InChI is InChI=1S/C24H33N5O2/c1-25-24(26-12-6-8-14-27-13-7-5-11-23(27)30)29-18-21-22(19-29)31-16-15-28(21)17-20-9-3-2-4-10-20/h2-5,7,9-11,13,21-22H,6,8,12,14-19H2,1H3,(H,25,26). The van der Waals surface area contributed by atoms with Crippen LogP contribution in [-0.4, -0.2) is 72.3 Å². The minimum atomic E-state index is 0.0611. The number of hydrogen-bond acceptors (Lipinski definition) is 4. The number of nitrogens with zero attached hydrogens (tertiary/aromatic N) is 4. The van der Waals surface area contributed by atoms with Gasteiger partial charge in [0.2, 0.25) is 5.56 Å². The molecule has 2 aromatic rings. The minimum absolute atomic E-state index is 0.0611. The van der Waals surface area contributed by atoms with E-state index in [0.29, 0.717) is 6.04 Å². The number of unbranched alkanes of at least 4 members (excludes halogenated alkanes) is 1. The summed E-state index contributed by atoms with van der Waals surface area (Å²) in [5, 5.41) is 3.50. The van der Waals surface area contributed by atoms with E-state index in [0.717, 1.165) is 64.7 Å². The first-order chi connectivity index (χ1) is 15.2. The molecule has 0 amide bonds. The van der Waals surface area contributed by atoms with Crippen molar-refractivity contribution in [1.82, 2.24) is 19.7 Å². The van der Waals surface area contributed by atoms with Crippen LogP contribution in [-0.2, 0) is 17.8 Å². The Labute approximate surface area is 184 Å². The zero-order valence-electron chi connectivity index (χ0n) is 18.3. The normalized spacial score (nSPS) is 21.8. The molecule has 0 spiro atoms. The smallest absolute Gasteiger partial charge is 0.250 e. The molecular weight excluding hydrogens is 390 g/mol. The number of nitrogens with one attached hydrogen (secondary N) is 1. The van der Waals surface area contributed by atoms with Crippen LogP contribution in [0.5, 0.6) is 0 Å². The second-order valence-electron chi connectivity index (χ2n) is 8.25. The van der Waals surface area contributed by atoms with Crippen LogP contribution in [0.25, 0.3) is 0 Å². The van der Waals surface area contributed by atoms with Crippen molar-refractivity contribution in [1.29, 1.82) is 0 Å². The number of aromatic nitrogens is 1. The van der Waals surface area contributed by atoms with Gasteiger partial charge < -0.3 is 19.5 Å². The Morgan fingerprint density at radius 3 is 2.77 bits per heavy atom. The first-order valence-corrected chi connectivity index (χ1v) is 11.3. The topological polar surface area (TPSA) is 62.1 Å². The molecule has 0 bridgehead atoms. The largest absolute Gasteiger partial charge is 0.373 e. The highest BCUT2D eigenvalue weighted by Crippen LogP contribution is 2.24. The summed E-state index contributed by atoms with van der Waals surface area (Å²) in [6, 6.07) is 16.3. The predicted octanol–water partition coefficient (Wildman–Crippen LogP) is 1.79. The van der Waals surface area contributed by atoms with Crippen molar-refractivity contribution in [3.05, 3.63) is 70.6 Å². The fourth-order valence-corrected chi connectivity index (χ4v) is 4.53. The van der Waals surface area contributed by atoms with Gasteiger partial charge in [-0.05, 0) is 24.5 Å². The fourth-order valence-electron chi connectivity index (χ4n) is 4.53. The van der Waals surface area contributed by atoms with Gasteiger partial charge in [0.05, 0.1) is 18.8 Å². The fraction of sp³-hybridized carbons (Fsp3) is 0.500. The second-order valence-corrected chi connectivity index (χ2v) is 8.25. The summed E-state index contributed by atoms with van der Waals surface area (Å²) >= 11 is 0. The minimum Gasteiger partial charge on any atom is -0.373 e. The lowest BCUT2D eigenvalue weighted by Gasteiger charge is -2.36. The molecule has 31 heavy (non-hydrogen) atoms. The van der Waals surface area contributed by atoms with Crippen molar-refractivity contribution >= 4 is 5.96 Å². The van der Waals surface area contributed by atoms with Gasteiger partial charge in [0.25, 0.3) is 0 Å². The lowest BCUT2D eigenvalue weighted by molar-refractivity contribution is -0.0502. The molecule has 2 atom stereocenters. The Hall–Kier alpha value is -2.64. The van der Waals surface area contributed by atoms with E-state index in [1.807, 2.05) is 19.3 Å². The van der Waals surface area contributed by atoms with Crippen molar-refractivity contribution in [2.24, 2.45) is 4.99 Å². The SMILES string of the molecule is CN=C(NCCCCn1ccccc1=O)N1CC2OCCN(Cc3ccccc3)C2C1. The molecule has 0 radical (unpaired) electrons. The van der Waals surface area contributed by atoms with Crippen LogP contribution in [0.15, 0.2) is 64.5 Å². The number of pyridine rings is 1. The monoisotopic (exact) mass is 423 g/mol. The van der Waals surface area contributed by atoms with Crippen LogP contribution >= 0.6 is 0 Å². The zero-order chi connectivity index (χ0) is 21.5. The van der Waals surface area contributed by atoms with Crippen LogP contribution in [0.4, 0.5) is 0 Å². The molecule has 2 aliphatic rings. The van der Waals surface area contributed by atoms with Crippen LogP contribution in [0.1, 0.15) is 18.4 Å².